The minimum atomic E-state index is 0.627. The first-order chi connectivity index (χ1) is 13.8. The second-order valence-electron chi connectivity index (χ2n) is 6.94. The van der Waals surface area contributed by atoms with Gasteiger partial charge in [-0.3, -0.25) is 14.8 Å². The van der Waals surface area contributed by atoms with E-state index in [4.69, 9.17) is 14.2 Å². The summed E-state index contributed by atoms with van der Waals surface area (Å²) in [5.41, 5.74) is 2.44. The van der Waals surface area contributed by atoms with E-state index in [1.54, 1.807) is 7.11 Å². The molecule has 6 heteroatoms. The van der Waals surface area contributed by atoms with Gasteiger partial charge in [0.15, 0.2) is 11.5 Å². The number of pyridine rings is 1. The molecule has 0 aliphatic carbocycles. The van der Waals surface area contributed by atoms with Gasteiger partial charge in [-0.2, -0.15) is 0 Å². The molecule has 2 aromatic rings. The Hall–Kier alpha value is -2.15. The summed E-state index contributed by atoms with van der Waals surface area (Å²) in [6.07, 6.45) is 3.76. The zero-order valence-electron chi connectivity index (χ0n) is 17.0. The zero-order valence-corrected chi connectivity index (χ0v) is 17.0. The summed E-state index contributed by atoms with van der Waals surface area (Å²) in [7, 11) is 1.69. The highest BCUT2D eigenvalue weighted by Gasteiger charge is 2.14. The highest BCUT2D eigenvalue weighted by Crippen LogP contribution is 2.28. The predicted octanol–water partition coefficient (Wildman–Crippen LogP) is 2.82. The van der Waals surface area contributed by atoms with E-state index in [-0.39, 0.29) is 0 Å². The van der Waals surface area contributed by atoms with Crippen molar-refractivity contribution in [2.24, 2.45) is 0 Å². The Morgan fingerprint density at radius 3 is 2.64 bits per heavy atom. The number of nitrogens with zero attached hydrogens (tertiary/aromatic N) is 3. The van der Waals surface area contributed by atoms with E-state index in [9.17, 15) is 0 Å². The number of benzene rings is 1. The van der Waals surface area contributed by atoms with Gasteiger partial charge in [0.1, 0.15) is 0 Å². The molecule has 0 radical (unpaired) electrons. The van der Waals surface area contributed by atoms with Gasteiger partial charge in [0.25, 0.3) is 0 Å². The maximum Gasteiger partial charge on any atom is 0.161 e. The molecule has 28 heavy (non-hydrogen) atoms. The number of ether oxygens (including phenoxy) is 3. The number of methoxy groups -OCH3 is 1. The molecule has 0 spiro atoms. The average molecular weight is 386 g/mol. The average Bonchev–Trinajstić information content (AvgIpc) is 2.74. The molecule has 1 fully saturated rings. The van der Waals surface area contributed by atoms with Crippen LogP contribution in [0.1, 0.15) is 18.1 Å². The van der Waals surface area contributed by atoms with Crippen LogP contribution in [0.3, 0.4) is 0 Å². The summed E-state index contributed by atoms with van der Waals surface area (Å²) < 4.78 is 16.6. The summed E-state index contributed by atoms with van der Waals surface area (Å²) in [4.78, 5) is 9.19. The van der Waals surface area contributed by atoms with Crippen LogP contribution in [0.5, 0.6) is 11.5 Å². The van der Waals surface area contributed by atoms with Gasteiger partial charge < -0.3 is 14.2 Å². The third-order valence-electron chi connectivity index (χ3n) is 4.90. The van der Waals surface area contributed by atoms with Gasteiger partial charge in [-0.1, -0.05) is 12.1 Å². The van der Waals surface area contributed by atoms with Crippen LogP contribution in [0.4, 0.5) is 0 Å². The number of morpholine rings is 1. The zero-order chi connectivity index (χ0) is 19.6. The highest BCUT2D eigenvalue weighted by molar-refractivity contribution is 5.43. The lowest BCUT2D eigenvalue weighted by atomic mass is 10.1. The third-order valence-corrected chi connectivity index (χ3v) is 4.90. The van der Waals surface area contributed by atoms with Crippen molar-refractivity contribution >= 4 is 0 Å². The molecule has 0 unspecified atom stereocenters. The Labute approximate surface area is 168 Å². The van der Waals surface area contributed by atoms with Gasteiger partial charge in [-0.05, 0) is 36.2 Å². The number of aromatic nitrogens is 1. The Morgan fingerprint density at radius 2 is 1.93 bits per heavy atom. The SMILES string of the molecule is CCOc1ccc(CN(CCN2CCOCC2)Cc2cccnc2)cc1OC. The van der Waals surface area contributed by atoms with Crippen LogP contribution < -0.4 is 9.47 Å². The molecule has 1 aromatic heterocycles. The van der Waals surface area contributed by atoms with Crippen molar-refractivity contribution in [3.63, 3.8) is 0 Å². The summed E-state index contributed by atoms with van der Waals surface area (Å²) in [6.45, 7) is 10.0. The van der Waals surface area contributed by atoms with E-state index in [1.165, 1.54) is 11.1 Å². The maximum atomic E-state index is 5.64. The van der Waals surface area contributed by atoms with Crippen LogP contribution in [-0.2, 0) is 17.8 Å². The molecule has 1 aliphatic heterocycles. The smallest absolute Gasteiger partial charge is 0.161 e. The van der Waals surface area contributed by atoms with Crippen molar-refractivity contribution in [2.45, 2.75) is 20.0 Å². The van der Waals surface area contributed by atoms with E-state index >= 15 is 0 Å². The monoisotopic (exact) mass is 385 g/mol. The van der Waals surface area contributed by atoms with E-state index in [2.05, 4.69) is 33.0 Å². The largest absolute Gasteiger partial charge is 0.493 e. The Bertz CT molecular complexity index is 705. The first kappa shape index (κ1) is 20.6. The predicted molar refractivity (Wildman–Crippen MR) is 110 cm³/mol. The molecule has 1 aliphatic rings. The van der Waals surface area contributed by atoms with Crippen LogP contribution in [0.25, 0.3) is 0 Å². The van der Waals surface area contributed by atoms with Gasteiger partial charge >= 0.3 is 0 Å². The summed E-state index contributed by atoms with van der Waals surface area (Å²) in [5, 5.41) is 0. The fraction of sp³-hybridized carbons (Fsp3) is 0.500. The molecule has 0 atom stereocenters. The summed E-state index contributed by atoms with van der Waals surface area (Å²) in [5.74, 6) is 1.58. The van der Waals surface area contributed by atoms with Crippen LogP contribution in [0, 0.1) is 0 Å². The first-order valence-corrected chi connectivity index (χ1v) is 9.99. The molecule has 0 N–H and O–H groups in total. The maximum absolute atomic E-state index is 5.64. The lowest BCUT2D eigenvalue weighted by Crippen LogP contribution is -2.41. The second-order valence-corrected chi connectivity index (χ2v) is 6.94. The second kappa shape index (κ2) is 11.0. The van der Waals surface area contributed by atoms with Crippen molar-refractivity contribution in [3.05, 3.63) is 53.9 Å². The molecule has 0 bridgehead atoms. The normalized spacial score (nSPS) is 15.0. The van der Waals surface area contributed by atoms with Crippen molar-refractivity contribution in [1.82, 2.24) is 14.8 Å². The van der Waals surface area contributed by atoms with Crippen molar-refractivity contribution in [3.8, 4) is 11.5 Å². The molecule has 2 heterocycles. The molecule has 1 aromatic carbocycles. The minimum absolute atomic E-state index is 0.627. The molecule has 152 valence electrons. The lowest BCUT2D eigenvalue weighted by molar-refractivity contribution is 0.0325. The molecular formula is C22H31N3O3. The van der Waals surface area contributed by atoms with Gasteiger partial charge in [-0.15, -0.1) is 0 Å². The molecular weight excluding hydrogens is 354 g/mol. The summed E-state index contributed by atoms with van der Waals surface area (Å²) in [6, 6.07) is 10.3. The topological polar surface area (TPSA) is 47.1 Å². The Kier molecular flexibility index (Phi) is 8.08. The van der Waals surface area contributed by atoms with E-state index in [1.807, 2.05) is 31.5 Å². The molecule has 6 nitrogen and oxygen atoms in total. The van der Waals surface area contributed by atoms with Gasteiger partial charge in [0, 0.05) is 51.7 Å². The highest BCUT2D eigenvalue weighted by atomic mass is 16.5. The van der Waals surface area contributed by atoms with Crippen molar-refractivity contribution in [1.29, 1.82) is 0 Å². The van der Waals surface area contributed by atoms with Gasteiger partial charge in [-0.25, -0.2) is 0 Å². The fourth-order valence-electron chi connectivity index (χ4n) is 3.41. The minimum Gasteiger partial charge on any atom is -0.493 e. The third kappa shape index (κ3) is 6.19. The van der Waals surface area contributed by atoms with Crippen molar-refractivity contribution < 1.29 is 14.2 Å². The van der Waals surface area contributed by atoms with Crippen LogP contribution in [-0.4, -0.2) is 67.9 Å². The van der Waals surface area contributed by atoms with E-state index in [0.717, 1.165) is 64.0 Å². The van der Waals surface area contributed by atoms with Crippen molar-refractivity contribution in [2.75, 3.05) is 53.1 Å². The van der Waals surface area contributed by atoms with Crippen LogP contribution in [0.15, 0.2) is 42.7 Å². The van der Waals surface area contributed by atoms with E-state index in [0.29, 0.717) is 6.61 Å². The standard InChI is InChI=1S/C22H31N3O3/c1-3-28-21-7-6-19(15-22(21)26-2)17-25(18-20-5-4-8-23-16-20)10-9-24-11-13-27-14-12-24/h4-8,15-16H,3,9-14,17-18H2,1-2H3. The quantitative estimate of drug-likeness (QED) is 0.627. The van der Waals surface area contributed by atoms with E-state index < -0.39 is 0 Å². The fourth-order valence-corrected chi connectivity index (χ4v) is 3.41. The molecule has 0 saturated carbocycles. The number of rotatable bonds is 10. The molecule has 1 saturated heterocycles. The molecule has 0 amide bonds. The van der Waals surface area contributed by atoms with Gasteiger partial charge in [0.2, 0.25) is 0 Å². The summed E-state index contributed by atoms with van der Waals surface area (Å²) >= 11 is 0. The van der Waals surface area contributed by atoms with Gasteiger partial charge in [0.05, 0.1) is 26.9 Å². The Morgan fingerprint density at radius 1 is 1.11 bits per heavy atom. The van der Waals surface area contributed by atoms with Crippen LogP contribution in [0.2, 0.25) is 0 Å². The molecule has 3 rings (SSSR count). The lowest BCUT2D eigenvalue weighted by Gasteiger charge is -2.30. The Balaban J connectivity index is 1.68. The number of hydrogen-bond donors (Lipinski definition) is 0. The van der Waals surface area contributed by atoms with Crippen LogP contribution >= 0.6 is 0 Å². The first-order valence-electron chi connectivity index (χ1n) is 9.99. The number of hydrogen-bond acceptors (Lipinski definition) is 6.